The van der Waals surface area contributed by atoms with Crippen LogP contribution in [0.2, 0.25) is 0 Å². The lowest BCUT2D eigenvalue weighted by Crippen LogP contribution is -2.44. The average Bonchev–Trinajstić information content (AvgIpc) is 2.95. The number of likely N-dealkylation sites (tertiary alicyclic amines) is 1. The second-order valence-corrected chi connectivity index (χ2v) is 5.42. The molecule has 2 amide bonds. The van der Waals surface area contributed by atoms with E-state index in [1.165, 1.54) is 0 Å². The molecule has 1 saturated heterocycles. The van der Waals surface area contributed by atoms with Gasteiger partial charge in [-0.3, -0.25) is 9.59 Å². The van der Waals surface area contributed by atoms with Gasteiger partial charge in [-0.2, -0.15) is 0 Å². The van der Waals surface area contributed by atoms with Crippen molar-refractivity contribution in [3.05, 3.63) is 29.3 Å². The van der Waals surface area contributed by atoms with Crippen molar-refractivity contribution < 1.29 is 9.59 Å². The van der Waals surface area contributed by atoms with Crippen LogP contribution in [0.25, 0.3) is 0 Å². The van der Waals surface area contributed by atoms with Gasteiger partial charge in [-0.05, 0) is 43.4 Å². The SMILES string of the molecule is NC(=O)C1CCCN1C(=O)c1cccc2c1CCCN2. The highest BCUT2D eigenvalue weighted by atomic mass is 16.2. The third-order valence-corrected chi connectivity index (χ3v) is 4.17. The average molecular weight is 273 g/mol. The Hall–Kier alpha value is -2.04. The molecule has 1 aromatic rings. The quantitative estimate of drug-likeness (QED) is 0.848. The molecular formula is C15H19N3O2. The maximum absolute atomic E-state index is 12.7. The fourth-order valence-electron chi connectivity index (χ4n) is 3.17. The number of anilines is 1. The van der Waals surface area contributed by atoms with Gasteiger partial charge >= 0.3 is 0 Å². The number of nitrogens with zero attached hydrogens (tertiary/aromatic N) is 1. The Morgan fingerprint density at radius 1 is 1.30 bits per heavy atom. The summed E-state index contributed by atoms with van der Waals surface area (Å²) in [5, 5.41) is 3.32. The molecule has 0 saturated carbocycles. The zero-order chi connectivity index (χ0) is 14.1. The molecule has 1 fully saturated rings. The Morgan fingerprint density at radius 2 is 2.15 bits per heavy atom. The molecule has 0 spiro atoms. The van der Waals surface area contributed by atoms with Crippen LogP contribution in [0, 0.1) is 0 Å². The molecule has 0 bridgehead atoms. The van der Waals surface area contributed by atoms with Crippen LogP contribution in [-0.2, 0) is 11.2 Å². The lowest BCUT2D eigenvalue weighted by atomic mass is 9.96. The maximum Gasteiger partial charge on any atom is 0.254 e. The first-order valence-corrected chi connectivity index (χ1v) is 7.14. The molecule has 5 heteroatoms. The normalized spacial score (nSPS) is 21.2. The molecule has 106 valence electrons. The predicted molar refractivity (Wildman–Crippen MR) is 76.5 cm³/mol. The van der Waals surface area contributed by atoms with Crippen LogP contribution in [0.1, 0.15) is 35.2 Å². The van der Waals surface area contributed by atoms with E-state index in [1.54, 1.807) is 4.90 Å². The lowest BCUT2D eigenvalue weighted by Gasteiger charge is -2.26. The molecule has 2 heterocycles. The Labute approximate surface area is 118 Å². The van der Waals surface area contributed by atoms with Gasteiger partial charge in [0.25, 0.3) is 5.91 Å². The summed E-state index contributed by atoms with van der Waals surface area (Å²) in [7, 11) is 0. The van der Waals surface area contributed by atoms with Crippen LogP contribution in [0.15, 0.2) is 18.2 Å². The minimum atomic E-state index is -0.449. The highest BCUT2D eigenvalue weighted by Gasteiger charge is 2.34. The number of benzene rings is 1. The number of hydrogen-bond acceptors (Lipinski definition) is 3. The Balaban J connectivity index is 1.93. The number of rotatable bonds is 2. The van der Waals surface area contributed by atoms with Crippen molar-refractivity contribution in [1.82, 2.24) is 4.90 Å². The summed E-state index contributed by atoms with van der Waals surface area (Å²) in [5.41, 5.74) is 8.21. The number of amides is 2. The second-order valence-electron chi connectivity index (χ2n) is 5.42. The van der Waals surface area contributed by atoms with Crippen molar-refractivity contribution in [3.8, 4) is 0 Å². The van der Waals surface area contributed by atoms with Gasteiger partial charge in [0, 0.05) is 24.3 Å². The monoisotopic (exact) mass is 273 g/mol. The number of carbonyl (C=O) groups is 2. The number of primary amides is 1. The Bertz CT molecular complexity index is 556. The molecule has 2 aliphatic heterocycles. The first-order chi connectivity index (χ1) is 9.68. The summed E-state index contributed by atoms with van der Waals surface area (Å²) in [5.74, 6) is -0.467. The standard InChI is InChI=1S/C15H19N3O2/c16-14(19)13-7-3-9-18(13)15(20)11-4-1-6-12-10(11)5-2-8-17-12/h1,4,6,13,17H,2-3,5,7-9H2,(H2,16,19). The predicted octanol–water partition coefficient (Wildman–Crippen LogP) is 1.13. The molecular weight excluding hydrogens is 254 g/mol. The van der Waals surface area contributed by atoms with Crippen LogP contribution < -0.4 is 11.1 Å². The summed E-state index contributed by atoms with van der Waals surface area (Å²) in [6.07, 6.45) is 3.44. The smallest absolute Gasteiger partial charge is 0.254 e. The molecule has 0 aliphatic carbocycles. The van der Waals surface area contributed by atoms with Crippen LogP contribution in [0.5, 0.6) is 0 Å². The van der Waals surface area contributed by atoms with Gasteiger partial charge in [0.1, 0.15) is 6.04 Å². The van der Waals surface area contributed by atoms with Crippen LogP contribution >= 0.6 is 0 Å². The molecule has 1 aromatic carbocycles. The van der Waals surface area contributed by atoms with Crippen molar-refractivity contribution >= 4 is 17.5 Å². The minimum absolute atomic E-state index is 0.0631. The van der Waals surface area contributed by atoms with Crippen LogP contribution in [-0.4, -0.2) is 35.8 Å². The van der Waals surface area contributed by atoms with Crippen molar-refractivity contribution in [1.29, 1.82) is 0 Å². The molecule has 0 aromatic heterocycles. The third kappa shape index (κ3) is 2.13. The van der Waals surface area contributed by atoms with E-state index in [1.807, 2.05) is 18.2 Å². The number of nitrogens with two attached hydrogens (primary N) is 1. The summed E-state index contributed by atoms with van der Waals surface area (Å²) >= 11 is 0. The Morgan fingerprint density at radius 3 is 2.95 bits per heavy atom. The molecule has 1 unspecified atom stereocenters. The number of carbonyl (C=O) groups excluding carboxylic acids is 2. The molecule has 3 rings (SSSR count). The molecule has 0 radical (unpaired) electrons. The fraction of sp³-hybridized carbons (Fsp3) is 0.467. The van der Waals surface area contributed by atoms with Gasteiger partial charge in [0.05, 0.1) is 0 Å². The first-order valence-electron chi connectivity index (χ1n) is 7.14. The van der Waals surface area contributed by atoms with E-state index in [0.29, 0.717) is 18.5 Å². The van der Waals surface area contributed by atoms with Gasteiger partial charge in [-0.15, -0.1) is 0 Å². The number of fused-ring (bicyclic) bond motifs is 1. The summed E-state index contributed by atoms with van der Waals surface area (Å²) < 4.78 is 0. The van der Waals surface area contributed by atoms with E-state index < -0.39 is 11.9 Å². The molecule has 3 N–H and O–H groups in total. The topological polar surface area (TPSA) is 75.4 Å². The molecule has 5 nitrogen and oxygen atoms in total. The van der Waals surface area contributed by atoms with Crippen molar-refractivity contribution in [3.63, 3.8) is 0 Å². The lowest BCUT2D eigenvalue weighted by molar-refractivity contribution is -0.121. The van der Waals surface area contributed by atoms with Gasteiger partial charge in [-0.25, -0.2) is 0 Å². The van der Waals surface area contributed by atoms with Gasteiger partial charge in [0.2, 0.25) is 5.91 Å². The minimum Gasteiger partial charge on any atom is -0.385 e. The highest BCUT2D eigenvalue weighted by Crippen LogP contribution is 2.28. The Kier molecular flexibility index (Phi) is 3.34. The van der Waals surface area contributed by atoms with Gasteiger partial charge in [-0.1, -0.05) is 6.07 Å². The zero-order valence-electron chi connectivity index (χ0n) is 11.4. The molecule has 2 aliphatic rings. The van der Waals surface area contributed by atoms with Crippen molar-refractivity contribution in [2.45, 2.75) is 31.7 Å². The van der Waals surface area contributed by atoms with E-state index in [0.717, 1.165) is 37.1 Å². The number of hydrogen-bond donors (Lipinski definition) is 2. The van der Waals surface area contributed by atoms with E-state index in [2.05, 4.69) is 5.32 Å². The summed E-state index contributed by atoms with van der Waals surface area (Å²) in [6.45, 7) is 1.56. The summed E-state index contributed by atoms with van der Waals surface area (Å²) in [6, 6.07) is 5.29. The largest absolute Gasteiger partial charge is 0.385 e. The first kappa shape index (κ1) is 13.0. The summed E-state index contributed by atoms with van der Waals surface area (Å²) in [4.78, 5) is 25.8. The molecule has 1 atom stereocenters. The third-order valence-electron chi connectivity index (χ3n) is 4.17. The maximum atomic E-state index is 12.7. The number of nitrogens with one attached hydrogen (secondary N) is 1. The molecule has 20 heavy (non-hydrogen) atoms. The van der Waals surface area contributed by atoms with E-state index >= 15 is 0 Å². The highest BCUT2D eigenvalue weighted by molar-refractivity contribution is 6.00. The van der Waals surface area contributed by atoms with Gasteiger partial charge in [0.15, 0.2) is 0 Å². The van der Waals surface area contributed by atoms with E-state index in [4.69, 9.17) is 5.73 Å². The fourth-order valence-corrected chi connectivity index (χ4v) is 3.17. The van der Waals surface area contributed by atoms with Crippen LogP contribution in [0.4, 0.5) is 5.69 Å². The zero-order valence-corrected chi connectivity index (χ0v) is 11.4. The van der Waals surface area contributed by atoms with Crippen LogP contribution in [0.3, 0.4) is 0 Å². The second kappa shape index (κ2) is 5.15. The van der Waals surface area contributed by atoms with Gasteiger partial charge < -0.3 is 16.0 Å². The van der Waals surface area contributed by atoms with Crippen molar-refractivity contribution in [2.24, 2.45) is 5.73 Å². The van der Waals surface area contributed by atoms with Crippen molar-refractivity contribution in [2.75, 3.05) is 18.4 Å². The van der Waals surface area contributed by atoms with E-state index in [-0.39, 0.29) is 5.91 Å². The van der Waals surface area contributed by atoms with E-state index in [9.17, 15) is 9.59 Å².